The van der Waals surface area contributed by atoms with Crippen LogP contribution in [0.25, 0.3) is 0 Å². The molecule has 1 amide bonds. The fourth-order valence-electron chi connectivity index (χ4n) is 3.04. The predicted molar refractivity (Wildman–Crippen MR) is 81.8 cm³/mol. The third kappa shape index (κ3) is 4.58. The summed E-state index contributed by atoms with van der Waals surface area (Å²) in [5.74, 6) is -1.37. The van der Waals surface area contributed by atoms with Crippen LogP contribution in [-0.4, -0.2) is 77.9 Å². The van der Waals surface area contributed by atoms with Gasteiger partial charge in [-0.05, 0) is 27.2 Å². The van der Waals surface area contributed by atoms with Crippen molar-refractivity contribution in [1.82, 2.24) is 15.1 Å². The van der Waals surface area contributed by atoms with Gasteiger partial charge in [0.25, 0.3) is 0 Å². The van der Waals surface area contributed by atoms with Crippen LogP contribution in [0.3, 0.4) is 0 Å². The normalized spacial score (nSPS) is 27.5. The third-order valence-electron chi connectivity index (χ3n) is 4.10. The second-order valence-corrected chi connectivity index (χ2v) is 7.10. The van der Waals surface area contributed by atoms with E-state index in [1.807, 2.05) is 20.8 Å². The van der Waals surface area contributed by atoms with Gasteiger partial charge in [0.2, 0.25) is 0 Å². The summed E-state index contributed by atoms with van der Waals surface area (Å²) >= 11 is 0. The number of nitrogens with zero attached hydrogens (tertiary/aromatic N) is 2. The van der Waals surface area contributed by atoms with Crippen LogP contribution in [0, 0.1) is 5.92 Å². The van der Waals surface area contributed by atoms with E-state index >= 15 is 0 Å². The van der Waals surface area contributed by atoms with Crippen LogP contribution in [0.15, 0.2) is 0 Å². The maximum Gasteiger partial charge on any atom is 0.410 e. The molecule has 2 saturated heterocycles. The molecule has 126 valence electrons. The van der Waals surface area contributed by atoms with E-state index in [0.717, 1.165) is 26.2 Å². The Morgan fingerprint density at radius 3 is 2.36 bits per heavy atom. The Morgan fingerprint density at radius 1 is 1.18 bits per heavy atom. The number of ether oxygens (including phenoxy) is 1. The Morgan fingerprint density at radius 2 is 1.82 bits per heavy atom. The monoisotopic (exact) mass is 313 g/mol. The molecule has 2 aliphatic rings. The number of carboxylic acid groups (broad SMARTS) is 1. The highest BCUT2D eigenvalue weighted by atomic mass is 16.6. The van der Waals surface area contributed by atoms with Gasteiger partial charge in [0.1, 0.15) is 5.60 Å². The highest BCUT2D eigenvalue weighted by Crippen LogP contribution is 2.23. The van der Waals surface area contributed by atoms with Gasteiger partial charge in [-0.1, -0.05) is 0 Å². The number of piperazine rings is 1. The molecular weight excluding hydrogens is 286 g/mol. The molecule has 22 heavy (non-hydrogen) atoms. The lowest BCUT2D eigenvalue weighted by Crippen LogP contribution is -2.58. The van der Waals surface area contributed by atoms with Crippen LogP contribution in [0.4, 0.5) is 4.79 Å². The molecule has 0 saturated carbocycles. The number of aliphatic carboxylic acids is 1. The van der Waals surface area contributed by atoms with Crippen molar-refractivity contribution in [3.8, 4) is 0 Å². The summed E-state index contributed by atoms with van der Waals surface area (Å²) in [5, 5.41) is 12.7. The van der Waals surface area contributed by atoms with Crippen molar-refractivity contribution in [1.29, 1.82) is 0 Å². The SMILES string of the molecule is CC(C)(C)OC(=O)N1C[C@@H](C(=O)O)C[C@@H](N2CCNCC2)C1. The smallest absolute Gasteiger partial charge is 0.410 e. The van der Waals surface area contributed by atoms with Gasteiger partial charge in [0, 0.05) is 45.3 Å². The largest absolute Gasteiger partial charge is 0.481 e. The number of likely N-dealkylation sites (tertiary alicyclic amines) is 1. The van der Waals surface area contributed by atoms with Crippen molar-refractivity contribution >= 4 is 12.1 Å². The van der Waals surface area contributed by atoms with Gasteiger partial charge in [-0.25, -0.2) is 4.79 Å². The topological polar surface area (TPSA) is 82.1 Å². The van der Waals surface area contributed by atoms with E-state index in [2.05, 4.69) is 10.2 Å². The highest BCUT2D eigenvalue weighted by Gasteiger charge is 2.38. The Kier molecular flexibility index (Phi) is 5.28. The molecule has 2 N–H and O–H groups in total. The van der Waals surface area contributed by atoms with Crippen LogP contribution in [0.5, 0.6) is 0 Å². The zero-order valence-corrected chi connectivity index (χ0v) is 13.7. The van der Waals surface area contributed by atoms with E-state index in [9.17, 15) is 14.7 Å². The number of amides is 1. The van der Waals surface area contributed by atoms with E-state index in [-0.39, 0.29) is 12.6 Å². The standard InChI is InChI=1S/C15H27N3O4/c1-15(2,3)22-14(21)18-9-11(13(19)20)8-12(10-18)17-6-4-16-5-7-17/h11-12,16H,4-10H2,1-3H3,(H,19,20)/t11-,12+/m0/s1. The van der Waals surface area contributed by atoms with Gasteiger partial charge in [-0.15, -0.1) is 0 Å². The predicted octanol–water partition coefficient (Wildman–Crippen LogP) is 0.602. The first-order chi connectivity index (χ1) is 10.3. The number of carboxylic acids is 1. The fraction of sp³-hybridized carbons (Fsp3) is 0.867. The van der Waals surface area contributed by atoms with Gasteiger partial charge in [0.05, 0.1) is 5.92 Å². The molecule has 7 heteroatoms. The molecule has 0 aromatic heterocycles. The average molecular weight is 313 g/mol. The Balaban J connectivity index is 2.05. The van der Waals surface area contributed by atoms with Crippen LogP contribution in [0.1, 0.15) is 27.2 Å². The first kappa shape index (κ1) is 17.0. The van der Waals surface area contributed by atoms with Crippen molar-refractivity contribution in [3.05, 3.63) is 0 Å². The van der Waals surface area contributed by atoms with Gasteiger partial charge >= 0.3 is 12.1 Å². The molecule has 2 rings (SSSR count). The Labute approximate surface area is 131 Å². The van der Waals surface area contributed by atoms with E-state index in [0.29, 0.717) is 13.0 Å². The van der Waals surface area contributed by atoms with Gasteiger partial charge < -0.3 is 20.1 Å². The summed E-state index contributed by atoms with van der Waals surface area (Å²) in [6, 6.07) is 0.0875. The fourth-order valence-corrected chi connectivity index (χ4v) is 3.04. The van der Waals surface area contributed by atoms with Crippen LogP contribution in [0.2, 0.25) is 0 Å². The summed E-state index contributed by atoms with van der Waals surface area (Å²) < 4.78 is 5.40. The van der Waals surface area contributed by atoms with Crippen molar-refractivity contribution in [2.45, 2.75) is 38.8 Å². The second kappa shape index (κ2) is 6.83. The molecular formula is C15H27N3O4. The first-order valence-electron chi connectivity index (χ1n) is 7.92. The summed E-state index contributed by atoms with van der Waals surface area (Å²) in [6.07, 6.45) is 0.174. The number of hydrogen-bond donors (Lipinski definition) is 2. The number of piperidine rings is 1. The van der Waals surface area contributed by atoms with Gasteiger partial charge in [0.15, 0.2) is 0 Å². The minimum Gasteiger partial charge on any atom is -0.481 e. The number of rotatable bonds is 2. The van der Waals surface area contributed by atoms with Crippen molar-refractivity contribution < 1.29 is 19.4 Å². The summed E-state index contributed by atoms with van der Waals surface area (Å²) in [6.45, 7) is 9.80. The molecule has 0 unspecified atom stereocenters. The van der Waals surface area contributed by atoms with E-state index in [1.165, 1.54) is 0 Å². The summed E-state index contributed by atoms with van der Waals surface area (Å²) in [4.78, 5) is 27.6. The number of hydrogen-bond acceptors (Lipinski definition) is 5. The average Bonchev–Trinajstić information content (AvgIpc) is 2.46. The molecule has 0 radical (unpaired) electrons. The van der Waals surface area contributed by atoms with Crippen LogP contribution >= 0.6 is 0 Å². The van der Waals surface area contributed by atoms with E-state index in [4.69, 9.17) is 4.74 Å². The molecule has 0 aromatic rings. The number of carbonyl (C=O) groups is 2. The van der Waals surface area contributed by atoms with Crippen LogP contribution in [-0.2, 0) is 9.53 Å². The molecule has 7 nitrogen and oxygen atoms in total. The summed E-state index contributed by atoms with van der Waals surface area (Å²) in [7, 11) is 0. The zero-order chi connectivity index (χ0) is 16.3. The molecule has 0 spiro atoms. The molecule has 2 aliphatic heterocycles. The Bertz CT molecular complexity index is 416. The molecule has 2 atom stereocenters. The van der Waals surface area contributed by atoms with E-state index < -0.39 is 23.6 Å². The molecule has 0 aromatic carbocycles. The highest BCUT2D eigenvalue weighted by molar-refractivity contribution is 5.73. The molecule has 2 heterocycles. The third-order valence-corrected chi connectivity index (χ3v) is 4.10. The minimum absolute atomic E-state index is 0.0875. The summed E-state index contributed by atoms with van der Waals surface area (Å²) in [5.41, 5.74) is -0.572. The van der Waals surface area contributed by atoms with Gasteiger partial charge in [-0.3, -0.25) is 9.69 Å². The lowest BCUT2D eigenvalue weighted by atomic mass is 9.93. The maximum atomic E-state index is 12.3. The lowest BCUT2D eigenvalue weighted by molar-refractivity contribution is -0.144. The second-order valence-electron chi connectivity index (χ2n) is 7.10. The maximum absolute atomic E-state index is 12.3. The minimum atomic E-state index is -0.839. The van der Waals surface area contributed by atoms with Crippen LogP contribution < -0.4 is 5.32 Å². The first-order valence-corrected chi connectivity index (χ1v) is 7.92. The van der Waals surface area contributed by atoms with E-state index in [1.54, 1.807) is 4.90 Å². The van der Waals surface area contributed by atoms with Crippen molar-refractivity contribution in [2.24, 2.45) is 5.92 Å². The Hall–Kier alpha value is -1.34. The van der Waals surface area contributed by atoms with Gasteiger partial charge in [-0.2, -0.15) is 0 Å². The molecule has 2 fully saturated rings. The molecule has 0 aliphatic carbocycles. The van der Waals surface area contributed by atoms with Crippen molar-refractivity contribution in [3.63, 3.8) is 0 Å². The molecule has 0 bridgehead atoms. The number of nitrogens with one attached hydrogen (secondary N) is 1. The zero-order valence-electron chi connectivity index (χ0n) is 13.7. The lowest BCUT2D eigenvalue weighted by Gasteiger charge is -2.43. The van der Waals surface area contributed by atoms with Crippen molar-refractivity contribution in [2.75, 3.05) is 39.3 Å². The quantitative estimate of drug-likeness (QED) is 0.777. The number of carbonyl (C=O) groups excluding carboxylic acids is 1.